The van der Waals surface area contributed by atoms with Crippen molar-refractivity contribution < 1.29 is 0 Å². The molecule has 6 aliphatic carbocycles. The molecule has 0 heterocycles. The minimum atomic E-state index is 0.604. The van der Waals surface area contributed by atoms with Gasteiger partial charge in [0.25, 0.3) is 0 Å². The first-order chi connectivity index (χ1) is 40.7. The van der Waals surface area contributed by atoms with Gasteiger partial charge in [0.1, 0.15) is 0 Å². The Bertz CT molecular complexity index is 3930. The summed E-state index contributed by atoms with van der Waals surface area (Å²) in [6, 6.07) is 78.1. The van der Waals surface area contributed by atoms with Crippen LogP contribution in [-0.4, -0.2) is 0 Å². The van der Waals surface area contributed by atoms with Crippen LogP contribution in [0.1, 0.15) is 174 Å². The summed E-state index contributed by atoms with van der Waals surface area (Å²) in [7, 11) is 0. The molecular formula is C82H76. The van der Waals surface area contributed by atoms with Crippen molar-refractivity contribution in [3.63, 3.8) is 0 Å². The zero-order chi connectivity index (χ0) is 54.1. The van der Waals surface area contributed by atoms with Crippen LogP contribution in [0.4, 0.5) is 0 Å². The smallest absolute Gasteiger partial charge is 0.000740 e. The first-order valence-electron chi connectivity index (χ1n) is 32.3. The third-order valence-electron chi connectivity index (χ3n) is 21.1. The second kappa shape index (κ2) is 21.3. The maximum atomic E-state index is 2.61. The Morgan fingerprint density at radius 3 is 0.854 bits per heavy atom. The van der Waals surface area contributed by atoms with Gasteiger partial charge >= 0.3 is 0 Å². The molecule has 16 rings (SSSR count). The topological polar surface area (TPSA) is 0 Å². The Hall–Kier alpha value is -7.54. The zero-order valence-electron chi connectivity index (χ0n) is 47.9. The van der Waals surface area contributed by atoms with Crippen LogP contribution < -0.4 is 0 Å². The molecule has 0 aromatic heterocycles. The Labute approximate surface area is 487 Å². The van der Waals surface area contributed by atoms with E-state index in [-0.39, 0.29) is 0 Å². The third kappa shape index (κ3) is 8.68. The van der Waals surface area contributed by atoms with Crippen molar-refractivity contribution in [3.05, 3.63) is 216 Å². The molecule has 0 saturated heterocycles. The van der Waals surface area contributed by atoms with Crippen molar-refractivity contribution in [2.24, 2.45) is 0 Å². The molecule has 0 unspecified atom stereocenters. The largest absolute Gasteiger partial charge is 0.0616 e. The highest BCUT2D eigenvalue weighted by molar-refractivity contribution is 6.33. The van der Waals surface area contributed by atoms with Gasteiger partial charge in [-0.15, -0.1) is 0 Å². The Morgan fingerprint density at radius 2 is 0.500 bits per heavy atom. The predicted octanol–water partition coefficient (Wildman–Crippen LogP) is 24.4. The summed E-state index contributed by atoms with van der Waals surface area (Å²) in [6.07, 6.45) is 26.3. The van der Waals surface area contributed by atoms with E-state index < -0.39 is 0 Å². The van der Waals surface area contributed by atoms with E-state index in [1.165, 1.54) is 272 Å². The van der Waals surface area contributed by atoms with Gasteiger partial charge in [-0.25, -0.2) is 0 Å². The highest BCUT2D eigenvalue weighted by Gasteiger charge is 2.36. The van der Waals surface area contributed by atoms with E-state index in [1.54, 1.807) is 0 Å². The van der Waals surface area contributed by atoms with Gasteiger partial charge in [0.2, 0.25) is 0 Å². The van der Waals surface area contributed by atoms with E-state index in [4.69, 9.17) is 0 Å². The van der Waals surface area contributed by atoms with E-state index in [0.29, 0.717) is 23.7 Å². The lowest BCUT2D eigenvalue weighted by molar-refractivity contribution is 0.443. The molecular weight excluding hydrogens is 985 g/mol. The number of fused-ring (bicyclic) bond motifs is 8. The van der Waals surface area contributed by atoms with Crippen LogP contribution in [0.5, 0.6) is 0 Å². The number of hydrogen-bond acceptors (Lipinski definition) is 0. The molecule has 0 radical (unpaired) electrons. The highest BCUT2D eigenvalue weighted by atomic mass is 14.4. The third-order valence-corrected chi connectivity index (χ3v) is 21.1. The lowest BCUT2D eigenvalue weighted by atomic mass is 9.79. The minimum Gasteiger partial charge on any atom is -0.0616 e. The van der Waals surface area contributed by atoms with Crippen LogP contribution in [0.25, 0.3) is 121 Å². The van der Waals surface area contributed by atoms with Gasteiger partial charge in [-0.2, -0.15) is 0 Å². The van der Waals surface area contributed by atoms with Crippen molar-refractivity contribution in [3.8, 4) is 89.0 Å². The summed E-state index contributed by atoms with van der Waals surface area (Å²) in [4.78, 5) is 0. The fourth-order valence-electron chi connectivity index (χ4n) is 17.1. The molecule has 10 aromatic rings. The summed E-state index contributed by atoms with van der Waals surface area (Å²) >= 11 is 0. The Morgan fingerprint density at radius 1 is 0.207 bits per heavy atom. The van der Waals surface area contributed by atoms with Crippen molar-refractivity contribution in [1.29, 1.82) is 0 Å². The monoisotopic (exact) mass is 1060 g/mol. The van der Waals surface area contributed by atoms with Gasteiger partial charge in [0, 0.05) is 0 Å². The van der Waals surface area contributed by atoms with Gasteiger partial charge in [-0.3, -0.25) is 0 Å². The molecule has 0 atom stereocenters. The molecule has 0 heteroatoms. The zero-order valence-corrected chi connectivity index (χ0v) is 47.9. The van der Waals surface area contributed by atoms with Gasteiger partial charge in [0.15, 0.2) is 0 Å². The number of benzene rings is 9. The summed E-state index contributed by atoms with van der Waals surface area (Å²) in [5, 5.41) is 8.03. The van der Waals surface area contributed by atoms with Crippen LogP contribution in [0.2, 0.25) is 0 Å². The van der Waals surface area contributed by atoms with Gasteiger partial charge < -0.3 is 0 Å². The van der Waals surface area contributed by atoms with Crippen LogP contribution >= 0.6 is 0 Å². The van der Waals surface area contributed by atoms with Crippen LogP contribution in [-0.2, 0) is 0 Å². The van der Waals surface area contributed by atoms with Gasteiger partial charge in [0.05, 0.1) is 0 Å². The van der Waals surface area contributed by atoms with Gasteiger partial charge in [-0.1, -0.05) is 271 Å². The van der Waals surface area contributed by atoms with Crippen molar-refractivity contribution >= 4 is 32.3 Å². The Balaban J connectivity index is 1.01. The van der Waals surface area contributed by atoms with E-state index in [1.807, 2.05) is 0 Å². The molecule has 0 bridgehead atoms. The average Bonchev–Trinajstić information content (AvgIpc) is 3.22. The highest BCUT2D eigenvalue weighted by Crippen LogP contribution is 2.63. The van der Waals surface area contributed by atoms with Crippen molar-refractivity contribution in [1.82, 2.24) is 0 Å². The van der Waals surface area contributed by atoms with Gasteiger partial charge in [-0.05, 0) is 219 Å². The molecule has 0 amide bonds. The second-order valence-corrected chi connectivity index (χ2v) is 25.8. The normalized spacial score (nSPS) is 17.3. The van der Waals surface area contributed by atoms with Crippen LogP contribution in [0.3, 0.4) is 0 Å². The molecule has 0 aliphatic heterocycles. The first-order valence-corrected chi connectivity index (χ1v) is 32.3. The molecule has 4 saturated carbocycles. The molecule has 6 aliphatic rings. The predicted molar refractivity (Wildman–Crippen MR) is 350 cm³/mol. The van der Waals surface area contributed by atoms with E-state index in [2.05, 4.69) is 194 Å². The van der Waals surface area contributed by atoms with Crippen molar-refractivity contribution in [2.75, 3.05) is 0 Å². The van der Waals surface area contributed by atoms with E-state index >= 15 is 0 Å². The number of rotatable bonds is 8. The maximum absolute atomic E-state index is 2.61. The molecule has 0 N–H and O–H groups in total. The molecule has 10 aromatic carbocycles. The molecule has 82 heavy (non-hydrogen) atoms. The lowest BCUT2D eigenvalue weighted by Gasteiger charge is -2.25. The summed E-state index contributed by atoms with van der Waals surface area (Å²) in [6.45, 7) is 0. The minimum absolute atomic E-state index is 0.604. The average molecular weight is 1060 g/mol. The fourth-order valence-corrected chi connectivity index (χ4v) is 17.1. The quantitative estimate of drug-likeness (QED) is 0.142. The maximum Gasteiger partial charge on any atom is -0.000740 e. The summed E-state index contributed by atoms with van der Waals surface area (Å²) in [5.74, 6) is 2.44. The van der Waals surface area contributed by atoms with Crippen LogP contribution in [0, 0.1) is 0 Å². The molecule has 4 fully saturated rings. The van der Waals surface area contributed by atoms with E-state index in [9.17, 15) is 0 Å². The first kappa shape index (κ1) is 50.2. The molecule has 0 nitrogen and oxygen atoms in total. The molecule has 404 valence electrons. The SMILES string of the molecule is c1cc(-c2ccc3ccccc3ccc(-c3cccc(C4CCCCC4)c3)c3c2-c2ccc4c5c(ccc-3c25)-c2c-4c(-c3cccc(C4CCCCC4)c3)c3ccccc3c2-c2cccc(C3CCCCC3)c2)cc(C2CCCCC2)c1. The van der Waals surface area contributed by atoms with Crippen molar-refractivity contribution in [2.45, 2.75) is 152 Å². The summed E-state index contributed by atoms with van der Waals surface area (Å²) < 4.78 is 0. The fraction of sp³-hybridized carbons (Fsp3) is 0.293. The Kier molecular flexibility index (Phi) is 13.1. The van der Waals surface area contributed by atoms with E-state index in [0.717, 1.165) is 0 Å². The standard InChI is InChI=1S/C82H76/c1-5-21-53(22-6-1)59-31-17-35-63(49-59)67-43-41-57-29-13-14-30-58(57)42-44-68(64-36-18-32-60(50-64)54-23-7-2-8-24-54)78-72-46-48-74-80-73(47-45-71(77(67)78)79(72)80)81-75(65-37-19-33-61(51-65)55-25-9-3-10-26-55)69-39-15-16-40-70(69)76(82(74)81)66-38-20-34-62(52-66)56-27-11-4-12-28-56/h13-20,29-56H,1-12,21-28H2. The second-order valence-electron chi connectivity index (χ2n) is 25.8. The lowest BCUT2D eigenvalue weighted by Crippen LogP contribution is -2.05. The molecule has 0 spiro atoms. The number of hydrogen-bond donors (Lipinski definition) is 0. The van der Waals surface area contributed by atoms with Crippen LogP contribution in [0.15, 0.2) is 194 Å². The summed E-state index contributed by atoms with van der Waals surface area (Å²) in [5.41, 5.74) is 27.8.